The van der Waals surface area contributed by atoms with Crippen molar-refractivity contribution >= 4 is 11.8 Å². The number of halogens is 3. The molecule has 0 bridgehead atoms. The van der Waals surface area contributed by atoms with Crippen molar-refractivity contribution in [3.8, 4) is 0 Å². The van der Waals surface area contributed by atoms with Gasteiger partial charge in [0.25, 0.3) is 0 Å². The maximum atomic E-state index is 13.3. The molecule has 1 fully saturated rings. The summed E-state index contributed by atoms with van der Waals surface area (Å²) in [5.74, 6) is 1.88. The molecule has 118 valence electrons. The third-order valence-corrected chi connectivity index (χ3v) is 4.90. The average molecular weight is 318 g/mol. The Morgan fingerprint density at radius 1 is 1.38 bits per heavy atom. The number of rotatable bonds is 4. The van der Waals surface area contributed by atoms with Gasteiger partial charge in [0.1, 0.15) is 0 Å². The fourth-order valence-electron chi connectivity index (χ4n) is 2.76. The summed E-state index contributed by atoms with van der Waals surface area (Å²) in [6.07, 6.45) is -4.31. The summed E-state index contributed by atoms with van der Waals surface area (Å²) >= 11 is 1.81. The summed E-state index contributed by atoms with van der Waals surface area (Å²) in [5, 5.41) is 3.26. The van der Waals surface area contributed by atoms with Crippen LogP contribution in [0.4, 0.5) is 13.2 Å². The van der Waals surface area contributed by atoms with E-state index in [4.69, 9.17) is 0 Å². The molecule has 0 radical (unpaired) electrons. The highest BCUT2D eigenvalue weighted by Crippen LogP contribution is 2.37. The summed E-state index contributed by atoms with van der Waals surface area (Å²) in [4.78, 5) is 2.16. The van der Waals surface area contributed by atoms with Crippen LogP contribution >= 0.6 is 11.8 Å². The molecule has 0 aromatic heterocycles. The zero-order valence-corrected chi connectivity index (χ0v) is 13.1. The fourth-order valence-corrected chi connectivity index (χ4v) is 4.03. The van der Waals surface area contributed by atoms with E-state index in [0.717, 1.165) is 18.1 Å². The van der Waals surface area contributed by atoms with Gasteiger partial charge in [-0.05, 0) is 25.2 Å². The number of hydrogen-bond acceptors (Lipinski definition) is 3. The maximum Gasteiger partial charge on any atom is 0.416 e. The molecule has 0 amide bonds. The normalized spacial score (nSPS) is 22.2. The van der Waals surface area contributed by atoms with Crippen molar-refractivity contribution in [2.45, 2.75) is 25.2 Å². The first-order valence-corrected chi connectivity index (χ1v) is 8.28. The molecular formula is C15H21F3N2S. The molecule has 1 aliphatic rings. The quantitative estimate of drug-likeness (QED) is 0.916. The van der Waals surface area contributed by atoms with Crippen molar-refractivity contribution in [3.63, 3.8) is 0 Å². The third kappa shape index (κ3) is 3.93. The zero-order chi connectivity index (χ0) is 15.5. The van der Waals surface area contributed by atoms with E-state index in [1.165, 1.54) is 12.1 Å². The Bertz CT molecular complexity index is 464. The smallest absolute Gasteiger partial charge is 0.309 e. The van der Waals surface area contributed by atoms with Crippen molar-refractivity contribution in [3.05, 3.63) is 35.4 Å². The molecule has 1 aromatic carbocycles. The second-order valence-electron chi connectivity index (χ2n) is 5.24. The second kappa shape index (κ2) is 7.03. The lowest BCUT2D eigenvalue weighted by atomic mass is 9.94. The molecule has 21 heavy (non-hydrogen) atoms. The van der Waals surface area contributed by atoms with Gasteiger partial charge in [0.2, 0.25) is 0 Å². The van der Waals surface area contributed by atoms with E-state index in [0.29, 0.717) is 12.1 Å². The van der Waals surface area contributed by atoms with Crippen LogP contribution in [0.5, 0.6) is 0 Å². The largest absolute Gasteiger partial charge is 0.416 e. The minimum atomic E-state index is -4.31. The standard InChI is InChI=1S/C15H21F3N2S/c1-3-19-14(13-10-21-9-8-20(13)2)11-6-4-5-7-12(11)15(16,17)18/h4-7,13-14,19H,3,8-10H2,1-2H3. The SMILES string of the molecule is CCNC(c1ccccc1C(F)(F)F)C1CSCCN1C. The van der Waals surface area contributed by atoms with Gasteiger partial charge in [-0.2, -0.15) is 24.9 Å². The molecular weight excluding hydrogens is 297 g/mol. The van der Waals surface area contributed by atoms with Gasteiger partial charge >= 0.3 is 6.18 Å². The number of alkyl halides is 3. The lowest BCUT2D eigenvalue weighted by Crippen LogP contribution is -2.48. The van der Waals surface area contributed by atoms with Gasteiger partial charge in [-0.1, -0.05) is 25.1 Å². The highest BCUT2D eigenvalue weighted by atomic mass is 32.2. The van der Waals surface area contributed by atoms with E-state index < -0.39 is 11.7 Å². The first-order chi connectivity index (χ1) is 9.95. The summed E-state index contributed by atoms with van der Waals surface area (Å²) < 4.78 is 39.8. The van der Waals surface area contributed by atoms with Gasteiger partial charge in [-0.15, -0.1) is 0 Å². The lowest BCUT2D eigenvalue weighted by Gasteiger charge is -2.39. The van der Waals surface area contributed by atoms with Crippen LogP contribution in [-0.2, 0) is 6.18 Å². The van der Waals surface area contributed by atoms with Crippen LogP contribution in [0.25, 0.3) is 0 Å². The summed E-state index contributed by atoms with van der Waals surface area (Å²) in [7, 11) is 1.99. The summed E-state index contributed by atoms with van der Waals surface area (Å²) in [5.41, 5.74) is -0.175. The van der Waals surface area contributed by atoms with E-state index >= 15 is 0 Å². The minimum absolute atomic E-state index is 0.0761. The Balaban J connectivity index is 2.38. The van der Waals surface area contributed by atoms with Gasteiger partial charge in [0.05, 0.1) is 5.56 Å². The summed E-state index contributed by atoms with van der Waals surface area (Å²) in [6.45, 7) is 3.48. The molecule has 2 nitrogen and oxygen atoms in total. The molecule has 2 atom stereocenters. The van der Waals surface area contributed by atoms with Crippen LogP contribution in [0.2, 0.25) is 0 Å². The summed E-state index contributed by atoms with van der Waals surface area (Å²) in [6, 6.07) is 5.69. The van der Waals surface area contributed by atoms with Crippen molar-refractivity contribution in [2.24, 2.45) is 0 Å². The molecule has 1 heterocycles. The van der Waals surface area contributed by atoms with Crippen molar-refractivity contribution in [2.75, 3.05) is 31.6 Å². The molecule has 1 N–H and O–H groups in total. The molecule has 1 saturated heterocycles. The van der Waals surface area contributed by atoms with Crippen LogP contribution in [0, 0.1) is 0 Å². The Hall–Kier alpha value is -0.720. The van der Waals surface area contributed by atoms with Crippen molar-refractivity contribution < 1.29 is 13.2 Å². The molecule has 1 aliphatic heterocycles. The number of nitrogens with one attached hydrogen (secondary N) is 1. The minimum Gasteiger partial charge on any atom is -0.309 e. The number of thioether (sulfide) groups is 1. The van der Waals surface area contributed by atoms with Crippen LogP contribution < -0.4 is 5.32 Å². The first kappa shape index (κ1) is 16.6. The van der Waals surface area contributed by atoms with Crippen LogP contribution in [-0.4, -0.2) is 42.6 Å². The highest BCUT2D eigenvalue weighted by Gasteiger charge is 2.38. The Morgan fingerprint density at radius 2 is 2.10 bits per heavy atom. The van der Waals surface area contributed by atoms with Crippen molar-refractivity contribution in [1.82, 2.24) is 10.2 Å². The average Bonchev–Trinajstić information content (AvgIpc) is 2.45. The molecule has 6 heteroatoms. The number of hydrogen-bond donors (Lipinski definition) is 1. The zero-order valence-electron chi connectivity index (χ0n) is 12.3. The number of benzene rings is 1. The topological polar surface area (TPSA) is 15.3 Å². The molecule has 2 unspecified atom stereocenters. The maximum absolute atomic E-state index is 13.3. The molecule has 0 saturated carbocycles. The Kier molecular flexibility index (Phi) is 5.57. The Labute approximate surface area is 128 Å². The molecule has 1 aromatic rings. The van der Waals surface area contributed by atoms with E-state index in [1.807, 2.05) is 14.0 Å². The monoisotopic (exact) mass is 318 g/mol. The number of likely N-dealkylation sites (N-methyl/N-ethyl adjacent to an activating group) is 2. The highest BCUT2D eigenvalue weighted by molar-refractivity contribution is 7.99. The van der Waals surface area contributed by atoms with E-state index in [1.54, 1.807) is 23.9 Å². The van der Waals surface area contributed by atoms with Gasteiger partial charge in [0, 0.05) is 30.1 Å². The van der Waals surface area contributed by atoms with Gasteiger partial charge in [0.15, 0.2) is 0 Å². The van der Waals surface area contributed by atoms with E-state index in [2.05, 4.69) is 10.2 Å². The van der Waals surface area contributed by atoms with Gasteiger partial charge in [-0.3, -0.25) is 4.90 Å². The Morgan fingerprint density at radius 3 is 2.71 bits per heavy atom. The van der Waals surface area contributed by atoms with E-state index in [9.17, 15) is 13.2 Å². The van der Waals surface area contributed by atoms with Gasteiger partial charge < -0.3 is 5.32 Å². The third-order valence-electron chi connectivity index (χ3n) is 3.85. The molecule has 2 rings (SSSR count). The van der Waals surface area contributed by atoms with Crippen molar-refractivity contribution in [1.29, 1.82) is 0 Å². The second-order valence-corrected chi connectivity index (χ2v) is 6.39. The van der Waals surface area contributed by atoms with Crippen LogP contribution in [0.3, 0.4) is 0 Å². The fraction of sp³-hybridized carbons (Fsp3) is 0.600. The number of nitrogens with zero attached hydrogens (tertiary/aromatic N) is 1. The van der Waals surface area contributed by atoms with Gasteiger partial charge in [-0.25, -0.2) is 0 Å². The first-order valence-electron chi connectivity index (χ1n) is 7.12. The lowest BCUT2D eigenvalue weighted by molar-refractivity contribution is -0.138. The van der Waals surface area contributed by atoms with E-state index in [-0.39, 0.29) is 12.1 Å². The predicted octanol–water partition coefficient (Wildman–Crippen LogP) is 3.40. The van der Waals surface area contributed by atoms with Crippen LogP contribution in [0.1, 0.15) is 24.1 Å². The molecule has 0 aliphatic carbocycles. The predicted molar refractivity (Wildman–Crippen MR) is 81.6 cm³/mol. The van der Waals surface area contributed by atoms with Crippen LogP contribution in [0.15, 0.2) is 24.3 Å². The molecule has 0 spiro atoms.